The van der Waals surface area contributed by atoms with Crippen molar-refractivity contribution in [2.45, 2.75) is 25.3 Å². The predicted molar refractivity (Wildman–Crippen MR) is 99.2 cm³/mol. The molecule has 1 aromatic heterocycles. The van der Waals surface area contributed by atoms with Crippen LogP contribution in [0.1, 0.15) is 23.7 Å². The van der Waals surface area contributed by atoms with Crippen molar-refractivity contribution in [2.24, 2.45) is 0 Å². The zero-order chi connectivity index (χ0) is 18.1. The minimum absolute atomic E-state index is 0.00848. The Hall–Kier alpha value is -2.99. The number of nitrogens with one attached hydrogen (secondary N) is 1. The van der Waals surface area contributed by atoms with Crippen LogP contribution < -0.4 is 10.9 Å². The van der Waals surface area contributed by atoms with E-state index in [0.29, 0.717) is 36.1 Å². The number of aromatic nitrogens is 2. The number of carbonyl (C=O) groups is 1. The number of amides is 1. The van der Waals surface area contributed by atoms with E-state index in [4.69, 9.17) is 0 Å². The molecule has 2 heterocycles. The molecule has 1 amide bonds. The molecular weight excluding hydrogens is 330 g/mol. The van der Waals surface area contributed by atoms with Gasteiger partial charge in [-0.25, -0.2) is 4.98 Å². The van der Waals surface area contributed by atoms with E-state index in [2.05, 4.69) is 10.3 Å². The van der Waals surface area contributed by atoms with Crippen LogP contribution in [0.4, 0.5) is 5.69 Å². The third kappa shape index (κ3) is 2.78. The minimum atomic E-state index is -0.375. The zero-order valence-corrected chi connectivity index (χ0v) is 14.2. The molecule has 0 saturated heterocycles. The molecule has 26 heavy (non-hydrogen) atoms. The lowest BCUT2D eigenvalue weighted by molar-refractivity contribution is -0.117. The number of carbonyl (C=O) groups excluding carboxylic acids is 1. The molecule has 1 aliphatic heterocycles. The van der Waals surface area contributed by atoms with E-state index in [0.717, 1.165) is 11.3 Å². The highest BCUT2D eigenvalue weighted by Gasteiger charge is 2.31. The second kappa shape index (κ2) is 6.72. The van der Waals surface area contributed by atoms with Gasteiger partial charge in [0.1, 0.15) is 5.82 Å². The van der Waals surface area contributed by atoms with Gasteiger partial charge in [0.2, 0.25) is 5.91 Å². The van der Waals surface area contributed by atoms with E-state index < -0.39 is 0 Å². The largest absolute Gasteiger partial charge is 0.396 e. The highest BCUT2D eigenvalue weighted by atomic mass is 16.3. The third-order valence-corrected chi connectivity index (χ3v) is 4.78. The molecular formula is C20H19N3O3. The highest BCUT2D eigenvalue weighted by molar-refractivity contribution is 6.03. The molecule has 2 N–H and O–H groups in total. The van der Waals surface area contributed by atoms with Gasteiger partial charge >= 0.3 is 0 Å². The summed E-state index contributed by atoms with van der Waals surface area (Å²) in [6.45, 7) is 0.365. The number of aliphatic hydroxyl groups excluding tert-OH is 1. The lowest BCUT2D eigenvalue weighted by Gasteiger charge is -2.15. The quantitative estimate of drug-likeness (QED) is 0.738. The van der Waals surface area contributed by atoms with Crippen LogP contribution in [0.2, 0.25) is 0 Å². The summed E-state index contributed by atoms with van der Waals surface area (Å²) in [6, 6.07) is 14.8. The maximum Gasteiger partial charge on any atom is 0.261 e. The number of fused-ring (bicyclic) bond motifs is 2. The monoisotopic (exact) mass is 349 g/mol. The summed E-state index contributed by atoms with van der Waals surface area (Å²) < 4.78 is 1.59. The van der Waals surface area contributed by atoms with E-state index in [-0.39, 0.29) is 24.0 Å². The standard InChI is InChI=1S/C20H19N3O3/c24-11-5-10-23-18(21-17-9-4-2-7-14(17)20(23)26)12-15-13-6-1-3-8-16(13)22-19(15)25/h1-4,6-9,15,24H,5,10-12H2,(H,22,25). The van der Waals surface area contributed by atoms with Crippen molar-refractivity contribution in [3.63, 3.8) is 0 Å². The molecule has 1 atom stereocenters. The van der Waals surface area contributed by atoms with Crippen molar-refractivity contribution in [2.75, 3.05) is 11.9 Å². The van der Waals surface area contributed by atoms with Gasteiger partial charge in [-0.2, -0.15) is 0 Å². The van der Waals surface area contributed by atoms with Crippen LogP contribution in [-0.2, 0) is 17.8 Å². The topological polar surface area (TPSA) is 84.2 Å². The summed E-state index contributed by atoms with van der Waals surface area (Å²) in [6.07, 6.45) is 0.800. The summed E-state index contributed by atoms with van der Waals surface area (Å²) in [4.78, 5) is 30.0. The summed E-state index contributed by atoms with van der Waals surface area (Å²) in [5.74, 6) is 0.112. The second-order valence-corrected chi connectivity index (χ2v) is 6.41. The Balaban J connectivity index is 1.80. The number of benzene rings is 2. The first-order valence-electron chi connectivity index (χ1n) is 8.68. The van der Waals surface area contributed by atoms with Crippen molar-refractivity contribution in [3.05, 3.63) is 70.3 Å². The van der Waals surface area contributed by atoms with Crippen LogP contribution in [0.5, 0.6) is 0 Å². The van der Waals surface area contributed by atoms with E-state index >= 15 is 0 Å². The average molecular weight is 349 g/mol. The minimum Gasteiger partial charge on any atom is -0.396 e. The van der Waals surface area contributed by atoms with Crippen LogP contribution in [0.3, 0.4) is 0 Å². The lowest BCUT2D eigenvalue weighted by Crippen LogP contribution is -2.28. The molecule has 0 saturated carbocycles. The van der Waals surface area contributed by atoms with E-state index in [1.807, 2.05) is 36.4 Å². The van der Waals surface area contributed by atoms with Gasteiger partial charge < -0.3 is 10.4 Å². The molecule has 0 aliphatic carbocycles. The molecule has 4 rings (SSSR count). The van der Waals surface area contributed by atoms with Gasteiger partial charge in [-0.15, -0.1) is 0 Å². The molecule has 0 fully saturated rings. The first-order valence-corrected chi connectivity index (χ1v) is 8.68. The fourth-order valence-electron chi connectivity index (χ4n) is 3.49. The van der Waals surface area contributed by atoms with Crippen molar-refractivity contribution in [1.82, 2.24) is 9.55 Å². The second-order valence-electron chi connectivity index (χ2n) is 6.41. The summed E-state index contributed by atoms with van der Waals surface area (Å²) in [7, 11) is 0. The Morgan fingerprint density at radius 3 is 2.69 bits per heavy atom. The number of aliphatic hydroxyl groups is 1. The highest BCUT2D eigenvalue weighted by Crippen LogP contribution is 2.34. The van der Waals surface area contributed by atoms with E-state index in [1.165, 1.54) is 0 Å². The molecule has 2 aromatic carbocycles. The molecule has 3 aromatic rings. The van der Waals surface area contributed by atoms with Gasteiger partial charge in [0.05, 0.1) is 16.8 Å². The number of para-hydroxylation sites is 2. The van der Waals surface area contributed by atoms with Gasteiger partial charge in [-0.1, -0.05) is 30.3 Å². The molecule has 1 unspecified atom stereocenters. The Labute approximate surface area is 150 Å². The van der Waals surface area contributed by atoms with Crippen LogP contribution in [0.25, 0.3) is 10.9 Å². The fraction of sp³-hybridized carbons (Fsp3) is 0.250. The smallest absolute Gasteiger partial charge is 0.261 e. The van der Waals surface area contributed by atoms with Gasteiger partial charge in [-0.3, -0.25) is 14.2 Å². The number of nitrogens with zero attached hydrogens (tertiary/aromatic N) is 2. The van der Waals surface area contributed by atoms with Crippen molar-refractivity contribution < 1.29 is 9.90 Å². The van der Waals surface area contributed by atoms with Crippen LogP contribution in [0.15, 0.2) is 53.3 Å². The molecule has 1 aliphatic rings. The fourth-order valence-corrected chi connectivity index (χ4v) is 3.49. The number of rotatable bonds is 5. The van der Waals surface area contributed by atoms with Crippen LogP contribution >= 0.6 is 0 Å². The van der Waals surface area contributed by atoms with Gasteiger partial charge in [0, 0.05) is 25.3 Å². The lowest BCUT2D eigenvalue weighted by atomic mass is 9.96. The Morgan fingerprint density at radius 2 is 1.85 bits per heavy atom. The summed E-state index contributed by atoms with van der Waals surface area (Å²) in [5, 5.41) is 12.6. The number of anilines is 1. The zero-order valence-electron chi connectivity index (χ0n) is 14.2. The Bertz CT molecular complexity index is 1040. The van der Waals surface area contributed by atoms with Crippen molar-refractivity contribution in [1.29, 1.82) is 0 Å². The normalized spacial score (nSPS) is 15.9. The third-order valence-electron chi connectivity index (χ3n) is 4.78. The molecule has 0 bridgehead atoms. The summed E-state index contributed by atoms with van der Waals surface area (Å²) in [5.41, 5.74) is 2.23. The summed E-state index contributed by atoms with van der Waals surface area (Å²) >= 11 is 0. The number of hydrogen-bond acceptors (Lipinski definition) is 4. The molecule has 6 heteroatoms. The first-order chi connectivity index (χ1) is 12.7. The number of hydrogen-bond donors (Lipinski definition) is 2. The molecule has 0 radical (unpaired) electrons. The maximum atomic E-state index is 12.9. The maximum absolute atomic E-state index is 12.9. The molecule has 6 nitrogen and oxygen atoms in total. The molecule has 132 valence electrons. The van der Waals surface area contributed by atoms with Gasteiger partial charge in [-0.05, 0) is 30.2 Å². The van der Waals surface area contributed by atoms with E-state index in [9.17, 15) is 14.7 Å². The van der Waals surface area contributed by atoms with Crippen LogP contribution in [-0.4, -0.2) is 27.2 Å². The Morgan fingerprint density at radius 1 is 1.08 bits per heavy atom. The Kier molecular flexibility index (Phi) is 4.26. The van der Waals surface area contributed by atoms with E-state index in [1.54, 1.807) is 16.7 Å². The first kappa shape index (κ1) is 16.5. The average Bonchev–Trinajstić information content (AvgIpc) is 2.97. The SMILES string of the molecule is O=C1Nc2ccccc2C1Cc1nc2ccccc2c(=O)n1CCCO. The van der Waals surface area contributed by atoms with Crippen molar-refractivity contribution in [3.8, 4) is 0 Å². The van der Waals surface area contributed by atoms with Crippen LogP contribution in [0, 0.1) is 0 Å². The molecule has 0 spiro atoms. The van der Waals surface area contributed by atoms with Gasteiger partial charge in [0.15, 0.2) is 0 Å². The van der Waals surface area contributed by atoms with Crippen molar-refractivity contribution >= 4 is 22.5 Å². The predicted octanol–water partition coefficient (Wildman–Crippen LogP) is 2.06. The van der Waals surface area contributed by atoms with Gasteiger partial charge in [0.25, 0.3) is 5.56 Å².